The summed E-state index contributed by atoms with van der Waals surface area (Å²) in [7, 11) is 0. The van der Waals surface area contributed by atoms with Gasteiger partial charge in [0.05, 0.1) is 10.2 Å². The van der Waals surface area contributed by atoms with Crippen LogP contribution in [0.4, 0.5) is 0 Å². The van der Waals surface area contributed by atoms with E-state index in [9.17, 15) is 0 Å². The molecule has 3 heteroatoms. The molecule has 0 aliphatic heterocycles. The predicted octanol–water partition coefficient (Wildman–Crippen LogP) is 5.24. The van der Waals surface area contributed by atoms with Crippen LogP contribution in [0.2, 0.25) is 0 Å². The van der Waals surface area contributed by atoms with E-state index < -0.39 is 0 Å². The maximum atomic E-state index is 5.98. The Morgan fingerprint density at radius 1 is 0.800 bits per heavy atom. The Hall–Kier alpha value is -2.39. The Morgan fingerprint density at radius 3 is 2.55 bits per heavy atom. The Balaban J connectivity index is 1.80. The molecule has 0 fully saturated rings. The molecule has 1 heterocycles. The lowest BCUT2D eigenvalue weighted by Crippen LogP contribution is -1.84. The molecule has 3 aromatic carbocycles. The van der Waals surface area contributed by atoms with Crippen molar-refractivity contribution in [1.82, 2.24) is 4.98 Å². The first-order chi connectivity index (χ1) is 9.90. The maximum absolute atomic E-state index is 5.98. The van der Waals surface area contributed by atoms with Gasteiger partial charge in [0.2, 0.25) is 0 Å². The number of nitrogens with zero attached hydrogens (tertiary/aromatic N) is 1. The van der Waals surface area contributed by atoms with Gasteiger partial charge in [-0.2, -0.15) is 0 Å². The second kappa shape index (κ2) is 4.62. The minimum Gasteiger partial charge on any atom is -0.430 e. The topological polar surface area (TPSA) is 22.1 Å². The molecule has 0 unspecified atom stereocenters. The first kappa shape index (κ1) is 11.4. The largest absolute Gasteiger partial charge is 0.430 e. The number of benzene rings is 3. The van der Waals surface area contributed by atoms with Gasteiger partial charge in [-0.05, 0) is 23.6 Å². The fourth-order valence-electron chi connectivity index (χ4n) is 2.27. The van der Waals surface area contributed by atoms with E-state index in [0.717, 1.165) is 21.4 Å². The van der Waals surface area contributed by atoms with Crippen LogP contribution in [0.1, 0.15) is 0 Å². The highest BCUT2D eigenvalue weighted by atomic mass is 32.1. The molecule has 4 aromatic rings. The SMILES string of the molecule is c1ccc2c(Oc3nc4ccccc4s3)cccc2c1. The number of para-hydroxylation sites is 1. The number of aromatic nitrogens is 1. The van der Waals surface area contributed by atoms with Crippen LogP contribution in [0.15, 0.2) is 66.7 Å². The highest BCUT2D eigenvalue weighted by Crippen LogP contribution is 2.34. The van der Waals surface area contributed by atoms with E-state index in [1.807, 2.05) is 42.5 Å². The third kappa shape index (κ3) is 1.92. The smallest absolute Gasteiger partial charge is 0.279 e. The minimum absolute atomic E-state index is 0.683. The van der Waals surface area contributed by atoms with Crippen LogP contribution < -0.4 is 4.74 Å². The predicted molar refractivity (Wildman–Crippen MR) is 83.6 cm³/mol. The van der Waals surface area contributed by atoms with Crippen molar-refractivity contribution in [3.8, 4) is 10.9 Å². The van der Waals surface area contributed by atoms with Crippen molar-refractivity contribution in [3.05, 3.63) is 66.7 Å². The molecule has 0 radical (unpaired) electrons. The van der Waals surface area contributed by atoms with Crippen LogP contribution in [0, 0.1) is 0 Å². The summed E-state index contributed by atoms with van der Waals surface area (Å²) in [5, 5.41) is 2.96. The Kier molecular flexibility index (Phi) is 2.64. The summed E-state index contributed by atoms with van der Waals surface area (Å²) in [4.78, 5) is 4.51. The van der Waals surface area contributed by atoms with Gasteiger partial charge in [-0.25, -0.2) is 4.98 Å². The van der Waals surface area contributed by atoms with Gasteiger partial charge in [0.15, 0.2) is 0 Å². The molecule has 0 atom stereocenters. The summed E-state index contributed by atoms with van der Waals surface area (Å²) in [6.07, 6.45) is 0. The third-order valence-corrected chi connectivity index (χ3v) is 4.14. The number of rotatable bonds is 2. The molecule has 0 saturated carbocycles. The molecule has 0 aliphatic rings. The van der Waals surface area contributed by atoms with Gasteiger partial charge in [0.25, 0.3) is 5.19 Å². The molecule has 4 rings (SSSR count). The number of hydrogen-bond donors (Lipinski definition) is 0. The van der Waals surface area contributed by atoms with Crippen molar-refractivity contribution in [3.63, 3.8) is 0 Å². The van der Waals surface area contributed by atoms with E-state index in [-0.39, 0.29) is 0 Å². The van der Waals surface area contributed by atoms with E-state index in [1.54, 1.807) is 11.3 Å². The second-order valence-electron chi connectivity index (χ2n) is 4.53. The first-order valence-corrected chi connectivity index (χ1v) is 7.23. The van der Waals surface area contributed by atoms with Gasteiger partial charge in [-0.15, -0.1) is 0 Å². The zero-order chi connectivity index (χ0) is 13.4. The average molecular weight is 277 g/mol. The van der Waals surface area contributed by atoms with Crippen molar-refractivity contribution in [2.24, 2.45) is 0 Å². The fraction of sp³-hybridized carbons (Fsp3) is 0. The molecule has 96 valence electrons. The lowest BCUT2D eigenvalue weighted by molar-refractivity contribution is 0.486. The zero-order valence-corrected chi connectivity index (χ0v) is 11.4. The number of hydrogen-bond acceptors (Lipinski definition) is 3. The van der Waals surface area contributed by atoms with E-state index in [0.29, 0.717) is 5.19 Å². The Bertz CT molecular complexity index is 859. The number of fused-ring (bicyclic) bond motifs is 2. The van der Waals surface area contributed by atoms with Crippen molar-refractivity contribution in [1.29, 1.82) is 0 Å². The molecule has 0 N–H and O–H groups in total. The molecular formula is C17H11NOS. The highest BCUT2D eigenvalue weighted by molar-refractivity contribution is 7.20. The minimum atomic E-state index is 0.683. The molecule has 0 saturated heterocycles. The number of ether oxygens (including phenoxy) is 1. The second-order valence-corrected chi connectivity index (χ2v) is 5.52. The summed E-state index contributed by atoms with van der Waals surface area (Å²) < 4.78 is 7.13. The van der Waals surface area contributed by atoms with E-state index in [2.05, 4.69) is 29.2 Å². The summed E-state index contributed by atoms with van der Waals surface area (Å²) in [6, 6.07) is 22.3. The van der Waals surface area contributed by atoms with Crippen LogP contribution in [-0.4, -0.2) is 4.98 Å². The zero-order valence-electron chi connectivity index (χ0n) is 10.6. The van der Waals surface area contributed by atoms with Gasteiger partial charge in [-0.3, -0.25) is 0 Å². The van der Waals surface area contributed by atoms with Crippen LogP contribution in [0.5, 0.6) is 10.9 Å². The lowest BCUT2D eigenvalue weighted by atomic mass is 10.1. The fourth-order valence-corrected chi connectivity index (χ4v) is 3.10. The Morgan fingerprint density at radius 2 is 1.60 bits per heavy atom. The summed E-state index contributed by atoms with van der Waals surface area (Å²) in [6.45, 7) is 0. The van der Waals surface area contributed by atoms with Crippen LogP contribution in [0.25, 0.3) is 21.0 Å². The van der Waals surface area contributed by atoms with E-state index in [4.69, 9.17) is 4.74 Å². The molecule has 1 aromatic heterocycles. The quantitative estimate of drug-likeness (QED) is 0.499. The molecule has 2 nitrogen and oxygen atoms in total. The molecule has 0 bridgehead atoms. The third-order valence-electron chi connectivity index (χ3n) is 3.22. The maximum Gasteiger partial charge on any atom is 0.279 e. The lowest BCUT2D eigenvalue weighted by Gasteiger charge is -2.05. The highest BCUT2D eigenvalue weighted by Gasteiger charge is 2.07. The monoisotopic (exact) mass is 277 g/mol. The molecule has 0 amide bonds. The standard InChI is InChI=1S/C17H11NOS/c1-2-8-13-12(6-1)7-5-10-15(13)19-17-18-14-9-3-4-11-16(14)20-17/h1-11H. The molecule has 0 aliphatic carbocycles. The molecular weight excluding hydrogens is 266 g/mol. The normalized spacial score (nSPS) is 11.0. The van der Waals surface area contributed by atoms with Crippen LogP contribution in [-0.2, 0) is 0 Å². The Labute approximate surface area is 120 Å². The average Bonchev–Trinajstić information content (AvgIpc) is 2.90. The van der Waals surface area contributed by atoms with Crippen molar-refractivity contribution in [2.45, 2.75) is 0 Å². The van der Waals surface area contributed by atoms with Gasteiger partial charge < -0.3 is 4.74 Å². The summed E-state index contributed by atoms with van der Waals surface area (Å²) >= 11 is 1.57. The van der Waals surface area contributed by atoms with Crippen LogP contribution >= 0.6 is 11.3 Å². The van der Waals surface area contributed by atoms with Gasteiger partial charge in [0.1, 0.15) is 5.75 Å². The number of thiazole rings is 1. The summed E-state index contributed by atoms with van der Waals surface area (Å²) in [5.74, 6) is 0.849. The van der Waals surface area contributed by atoms with Crippen molar-refractivity contribution < 1.29 is 4.74 Å². The van der Waals surface area contributed by atoms with Gasteiger partial charge in [0, 0.05) is 5.39 Å². The first-order valence-electron chi connectivity index (χ1n) is 6.41. The van der Waals surface area contributed by atoms with E-state index >= 15 is 0 Å². The molecule has 20 heavy (non-hydrogen) atoms. The van der Waals surface area contributed by atoms with Gasteiger partial charge >= 0.3 is 0 Å². The van der Waals surface area contributed by atoms with Crippen molar-refractivity contribution >= 4 is 32.3 Å². The molecule has 0 spiro atoms. The van der Waals surface area contributed by atoms with Crippen LogP contribution in [0.3, 0.4) is 0 Å². The van der Waals surface area contributed by atoms with E-state index in [1.165, 1.54) is 5.39 Å². The summed E-state index contributed by atoms with van der Waals surface area (Å²) in [5.41, 5.74) is 0.979. The van der Waals surface area contributed by atoms with Crippen molar-refractivity contribution in [2.75, 3.05) is 0 Å². The van der Waals surface area contributed by atoms with Gasteiger partial charge in [-0.1, -0.05) is 59.9 Å².